The van der Waals surface area contributed by atoms with Crippen LogP contribution in [0.1, 0.15) is 42.6 Å². The van der Waals surface area contributed by atoms with Gasteiger partial charge in [-0.2, -0.15) is 0 Å². The van der Waals surface area contributed by atoms with Crippen molar-refractivity contribution in [2.45, 2.75) is 57.4 Å². The molecule has 4 atom stereocenters. The number of rotatable bonds is 8. The van der Waals surface area contributed by atoms with Gasteiger partial charge in [0.1, 0.15) is 11.5 Å². The predicted molar refractivity (Wildman–Crippen MR) is 135 cm³/mol. The van der Waals surface area contributed by atoms with E-state index in [9.17, 15) is 4.79 Å². The molecule has 0 aromatic heterocycles. The third-order valence-electron chi connectivity index (χ3n) is 6.53. The van der Waals surface area contributed by atoms with Crippen LogP contribution in [-0.4, -0.2) is 57.5 Å². The molecule has 2 aromatic rings. The molecule has 2 aliphatic rings. The van der Waals surface area contributed by atoms with Crippen LogP contribution in [-0.2, 0) is 6.42 Å². The van der Waals surface area contributed by atoms with E-state index < -0.39 is 0 Å². The Morgan fingerprint density at radius 3 is 2.26 bits per heavy atom. The number of aryl methyl sites for hydroxylation is 1. The van der Waals surface area contributed by atoms with E-state index in [2.05, 4.69) is 40.2 Å². The summed E-state index contributed by atoms with van der Waals surface area (Å²) in [5.41, 5.74) is 9.53. The van der Waals surface area contributed by atoms with Gasteiger partial charge in [-0.05, 0) is 75.1 Å². The number of piperazine rings is 1. The summed E-state index contributed by atoms with van der Waals surface area (Å²) in [6.45, 7) is 6.34. The molecule has 2 saturated heterocycles. The number of carbonyl (C=O) groups excluding carboxylic acids is 1. The average molecular weight is 468 g/mol. The van der Waals surface area contributed by atoms with Gasteiger partial charge in [0.25, 0.3) is 5.91 Å². The van der Waals surface area contributed by atoms with Crippen molar-refractivity contribution in [3.05, 3.63) is 53.6 Å². The van der Waals surface area contributed by atoms with Crippen LogP contribution in [0.15, 0.2) is 42.5 Å². The van der Waals surface area contributed by atoms with Crippen LogP contribution in [0.25, 0.3) is 0 Å². The highest BCUT2D eigenvalue weighted by Crippen LogP contribution is 2.24. The lowest BCUT2D eigenvalue weighted by molar-refractivity contribution is 0.0932. The van der Waals surface area contributed by atoms with Crippen LogP contribution in [0.3, 0.4) is 0 Å². The van der Waals surface area contributed by atoms with Crippen LogP contribution in [0.4, 0.5) is 5.69 Å². The number of anilines is 1. The molecular formula is C26H37N5O3. The Morgan fingerprint density at radius 2 is 1.65 bits per heavy atom. The van der Waals surface area contributed by atoms with Gasteiger partial charge in [-0.1, -0.05) is 0 Å². The van der Waals surface area contributed by atoms with E-state index in [1.807, 2.05) is 42.5 Å². The summed E-state index contributed by atoms with van der Waals surface area (Å²) in [6.07, 6.45) is 2.54. The Kier molecular flexibility index (Phi) is 7.92. The molecule has 1 amide bonds. The first-order valence-electron chi connectivity index (χ1n) is 12.1. The Labute approximate surface area is 202 Å². The predicted octanol–water partition coefficient (Wildman–Crippen LogP) is 2.45. The SMILES string of the molecule is COc1cc(CC[C@@H]2C[C@H](NC(=O)c3ccc(N4C[C@@H](C)N[C@@H](C)C4)cc3)NN2)cc(OC)c1. The standard InChI is InChI=1S/C26H37N5O3/c1-17-15-31(16-18(2)27-17)22-9-6-20(7-10-22)26(32)28-25-13-21(29-30-25)8-5-19-11-23(33-3)14-24(12-19)34-4/h6-7,9-12,14,17-18,21,25,27,29-30H,5,8,13,15-16H2,1-4H3,(H,28,32)/t17-,18+,21-,25-/m1/s1. The van der Waals surface area contributed by atoms with Gasteiger partial charge in [-0.15, -0.1) is 0 Å². The second-order valence-electron chi connectivity index (χ2n) is 9.43. The zero-order valence-corrected chi connectivity index (χ0v) is 20.6. The second kappa shape index (κ2) is 11.1. The molecule has 0 spiro atoms. The summed E-state index contributed by atoms with van der Waals surface area (Å²) < 4.78 is 10.7. The van der Waals surface area contributed by atoms with Gasteiger partial charge in [0.15, 0.2) is 0 Å². The number of ether oxygens (including phenoxy) is 2. The number of nitrogens with zero attached hydrogens (tertiary/aromatic N) is 1. The van der Waals surface area contributed by atoms with Crippen molar-refractivity contribution in [1.29, 1.82) is 0 Å². The molecule has 2 heterocycles. The highest BCUT2D eigenvalue weighted by Gasteiger charge is 2.25. The molecule has 8 nitrogen and oxygen atoms in total. The van der Waals surface area contributed by atoms with Gasteiger partial charge in [0.05, 0.1) is 20.4 Å². The van der Waals surface area contributed by atoms with Crippen LogP contribution < -0.4 is 35.9 Å². The largest absolute Gasteiger partial charge is 0.497 e. The Bertz CT molecular complexity index is 935. The van der Waals surface area contributed by atoms with Crippen LogP contribution >= 0.6 is 0 Å². The van der Waals surface area contributed by atoms with E-state index in [4.69, 9.17) is 9.47 Å². The molecule has 4 N–H and O–H groups in total. The maximum Gasteiger partial charge on any atom is 0.252 e. The molecule has 2 aliphatic heterocycles. The second-order valence-corrected chi connectivity index (χ2v) is 9.43. The highest BCUT2D eigenvalue weighted by atomic mass is 16.5. The van der Waals surface area contributed by atoms with E-state index in [0.717, 1.165) is 49.5 Å². The summed E-state index contributed by atoms with van der Waals surface area (Å²) in [5, 5.41) is 6.65. The monoisotopic (exact) mass is 467 g/mol. The molecule has 8 heteroatoms. The normalized spacial score (nSPS) is 24.6. The Hall–Kier alpha value is -2.81. The number of hydrazine groups is 1. The fourth-order valence-electron chi connectivity index (χ4n) is 4.86. The summed E-state index contributed by atoms with van der Waals surface area (Å²) in [7, 11) is 3.32. The van der Waals surface area contributed by atoms with E-state index in [-0.39, 0.29) is 18.1 Å². The fourth-order valence-corrected chi connectivity index (χ4v) is 4.86. The van der Waals surface area contributed by atoms with Gasteiger partial charge in [-0.3, -0.25) is 10.2 Å². The lowest BCUT2D eigenvalue weighted by Crippen LogP contribution is -2.54. The third kappa shape index (κ3) is 6.20. The summed E-state index contributed by atoms with van der Waals surface area (Å²) in [5.74, 6) is 1.53. The number of nitrogens with one attached hydrogen (secondary N) is 4. The first-order valence-corrected chi connectivity index (χ1v) is 12.1. The van der Waals surface area contributed by atoms with Crippen LogP contribution in [0.5, 0.6) is 11.5 Å². The highest BCUT2D eigenvalue weighted by molar-refractivity contribution is 5.94. The number of carbonyl (C=O) groups is 1. The average Bonchev–Trinajstić information content (AvgIpc) is 3.29. The molecular weight excluding hydrogens is 430 g/mol. The maximum atomic E-state index is 12.8. The molecule has 2 fully saturated rings. The molecule has 184 valence electrons. The summed E-state index contributed by atoms with van der Waals surface area (Å²) in [6, 6.07) is 15.0. The minimum absolute atomic E-state index is 0.0638. The fraction of sp³-hybridized carbons (Fsp3) is 0.500. The van der Waals surface area contributed by atoms with Crippen molar-refractivity contribution in [2.24, 2.45) is 0 Å². The third-order valence-corrected chi connectivity index (χ3v) is 6.53. The maximum absolute atomic E-state index is 12.8. The van der Waals surface area contributed by atoms with E-state index in [1.54, 1.807) is 14.2 Å². The topological polar surface area (TPSA) is 86.9 Å². The summed E-state index contributed by atoms with van der Waals surface area (Å²) >= 11 is 0. The molecule has 0 bridgehead atoms. The van der Waals surface area contributed by atoms with Gasteiger partial charge in [0, 0.05) is 48.5 Å². The number of hydrogen-bond acceptors (Lipinski definition) is 7. The lowest BCUT2D eigenvalue weighted by Gasteiger charge is -2.37. The number of benzene rings is 2. The van der Waals surface area contributed by atoms with Crippen molar-refractivity contribution in [2.75, 3.05) is 32.2 Å². The lowest BCUT2D eigenvalue weighted by atomic mass is 10.0. The van der Waals surface area contributed by atoms with Gasteiger partial charge >= 0.3 is 0 Å². The minimum atomic E-state index is -0.105. The number of methoxy groups -OCH3 is 2. The van der Waals surface area contributed by atoms with Crippen LogP contribution in [0.2, 0.25) is 0 Å². The minimum Gasteiger partial charge on any atom is -0.497 e. The number of hydrogen-bond donors (Lipinski definition) is 4. The van der Waals surface area contributed by atoms with Crippen molar-refractivity contribution in [3.8, 4) is 11.5 Å². The molecule has 0 aliphatic carbocycles. The molecule has 2 aromatic carbocycles. The van der Waals surface area contributed by atoms with Crippen LogP contribution in [0, 0.1) is 0 Å². The first-order chi connectivity index (χ1) is 16.4. The Morgan fingerprint density at radius 1 is 1.00 bits per heavy atom. The Balaban J connectivity index is 1.26. The molecule has 34 heavy (non-hydrogen) atoms. The zero-order chi connectivity index (χ0) is 24.1. The smallest absolute Gasteiger partial charge is 0.252 e. The molecule has 0 unspecified atom stereocenters. The van der Waals surface area contributed by atoms with Crippen molar-refractivity contribution in [1.82, 2.24) is 21.5 Å². The van der Waals surface area contributed by atoms with Crippen molar-refractivity contribution >= 4 is 11.6 Å². The number of amides is 1. The van der Waals surface area contributed by atoms with E-state index >= 15 is 0 Å². The van der Waals surface area contributed by atoms with E-state index in [0.29, 0.717) is 17.6 Å². The van der Waals surface area contributed by atoms with Crippen molar-refractivity contribution < 1.29 is 14.3 Å². The van der Waals surface area contributed by atoms with E-state index in [1.165, 1.54) is 5.56 Å². The summed E-state index contributed by atoms with van der Waals surface area (Å²) in [4.78, 5) is 15.2. The van der Waals surface area contributed by atoms with Gasteiger partial charge in [-0.25, -0.2) is 5.43 Å². The molecule has 0 radical (unpaired) electrons. The van der Waals surface area contributed by atoms with Gasteiger partial charge < -0.3 is 25.0 Å². The quantitative estimate of drug-likeness (QED) is 0.474. The first kappa shape index (κ1) is 24.3. The van der Waals surface area contributed by atoms with Gasteiger partial charge in [0.2, 0.25) is 0 Å². The van der Waals surface area contributed by atoms with Crippen molar-refractivity contribution in [3.63, 3.8) is 0 Å². The zero-order valence-electron chi connectivity index (χ0n) is 20.6. The molecule has 0 saturated carbocycles. The molecule has 4 rings (SSSR count).